The van der Waals surface area contributed by atoms with Crippen LogP contribution in [0.25, 0.3) is 0 Å². The monoisotopic (exact) mass is 378 g/mol. The lowest BCUT2D eigenvalue weighted by Gasteiger charge is -2.09. The quantitative estimate of drug-likeness (QED) is 0.580. The van der Waals surface area contributed by atoms with Crippen LogP contribution >= 0.6 is 0 Å². The number of halogens is 3. The number of nitro groups is 1. The second-order valence-electron chi connectivity index (χ2n) is 5.51. The largest absolute Gasteiger partial charge is 0.444 e. The maximum absolute atomic E-state index is 12.7. The Hall–Kier alpha value is -2.43. The predicted octanol–water partition coefficient (Wildman–Crippen LogP) is 3.70. The van der Waals surface area contributed by atoms with Gasteiger partial charge in [-0.2, -0.15) is 13.2 Å². The van der Waals surface area contributed by atoms with Gasteiger partial charge in [0.15, 0.2) is 9.84 Å². The van der Waals surface area contributed by atoms with E-state index < -0.39 is 42.8 Å². The number of sulfone groups is 1. The molecule has 1 aromatic heterocycles. The van der Waals surface area contributed by atoms with Gasteiger partial charge in [0.2, 0.25) is 5.89 Å². The molecule has 0 fully saturated rings. The van der Waals surface area contributed by atoms with Gasteiger partial charge in [-0.3, -0.25) is 10.1 Å². The Labute approximate surface area is 140 Å². The van der Waals surface area contributed by atoms with Crippen molar-refractivity contribution >= 4 is 15.5 Å². The van der Waals surface area contributed by atoms with Gasteiger partial charge in [0, 0.05) is 12.0 Å². The standard InChI is InChI=1S/C14H13F3N2O5S/c1-8(2)11-6-18-13(24-11)7-25(22,23)12-4-3-9(14(15,16)17)5-10(12)19(20)21/h3-6,8H,7H2,1-2H3. The van der Waals surface area contributed by atoms with Gasteiger partial charge in [0.05, 0.1) is 16.7 Å². The van der Waals surface area contributed by atoms with Crippen molar-refractivity contribution in [3.8, 4) is 0 Å². The first-order chi connectivity index (χ1) is 11.4. The summed E-state index contributed by atoms with van der Waals surface area (Å²) in [6, 6.07) is 1.25. The average Bonchev–Trinajstić information content (AvgIpc) is 2.93. The molecule has 0 saturated heterocycles. The lowest BCUT2D eigenvalue weighted by molar-refractivity contribution is -0.388. The summed E-state index contributed by atoms with van der Waals surface area (Å²) < 4.78 is 68.1. The van der Waals surface area contributed by atoms with Crippen molar-refractivity contribution < 1.29 is 30.9 Å². The molecule has 0 amide bonds. The number of hydrogen-bond acceptors (Lipinski definition) is 6. The Balaban J connectivity index is 2.45. The fourth-order valence-electron chi connectivity index (χ4n) is 2.00. The van der Waals surface area contributed by atoms with E-state index in [1.54, 1.807) is 13.8 Å². The van der Waals surface area contributed by atoms with Gasteiger partial charge in [-0.15, -0.1) is 0 Å². The summed E-state index contributed by atoms with van der Waals surface area (Å²) in [5, 5.41) is 11.0. The number of benzene rings is 1. The SMILES string of the molecule is CC(C)c1cnc(CS(=O)(=O)c2ccc(C(F)(F)F)cc2[N+](=O)[O-])o1. The summed E-state index contributed by atoms with van der Waals surface area (Å²) in [7, 11) is -4.33. The molecule has 0 spiro atoms. The molecule has 1 heterocycles. The summed E-state index contributed by atoms with van der Waals surface area (Å²) in [4.78, 5) is 12.8. The second-order valence-corrected chi connectivity index (χ2v) is 7.47. The Morgan fingerprint density at radius 1 is 1.32 bits per heavy atom. The average molecular weight is 378 g/mol. The normalized spacial score (nSPS) is 12.6. The molecule has 0 aliphatic rings. The lowest BCUT2D eigenvalue weighted by Crippen LogP contribution is -2.11. The number of aromatic nitrogens is 1. The van der Waals surface area contributed by atoms with Gasteiger partial charge >= 0.3 is 6.18 Å². The van der Waals surface area contributed by atoms with E-state index in [2.05, 4.69) is 4.98 Å². The van der Waals surface area contributed by atoms with E-state index in [1.165, 1.54) is 6.20 Å². The number of hydrogen-bond donors (Lipinski definition) is 0. The van der Waals surface area contributed by atoms with Crippen LogP contribution in [-0.2, 0) is 21.8 Å². The van der Waals surface area contributed by atoms with E-state index in [-0.39, 0.29) is 17.9 Å². The minimum atomic E-state index is -4.83. The molecule has 136 valence electrons. The van der Waals surface area contributed by atoms with Crippen LogP contribution in [0.5, 0.6) is 0 Å². The van der Waals surface area contributed by atoms with Crippen LogP contribution in [0.3, 0.4) is 0 Å². The van der Waals surface area contributed by atoms with Gasteiger partial charge in [-0.05, 0) is 12.1 Å². The van der Waals surface area contributed by atoms with Crippen LogP contribution in [-0.4, -0.2) is 18.3 Å². The summed E-state index contributed by atoms with van der Waals surface area (Å²) in [5.41, 5.74) is -2.46. The summed E-state index contributed by atoms with van der Waals surface area (Å²) >= 11 is 0. The summed E-state index contributed by atoms with van der Waals surface area (Å²) in [5.74, 6) is -0.624. The number of rotatable bonds is 5. The van der Waals surface area contributed by atoms with E-state index in [0.29, 0.717) is 17.9 Å². The molecule has 0 N–H and O–H groups in total. The van der Waals surface area contributed by atoms with Gasteiger partial charge in [-0.25, -0.2) is 13.4 Å². The van der Waals surface area contributed by atoms with E-state index in [4.69, 9.17) is 4.42 Å². The van der Waals surface area contributed by atoms with Gasteiger partial charge in [-0.1, -0.05) is 13.8 Å². The molecular formula is C14H13F3N2O5S. The molecule has 0 aliphatic carbocycles. The van der Waals surface area contributed by atoms with Gasteiger partial charge in [0.1, 0.15) is 16.4 Å². The molecule has 0 unspecified atom stereocenters. The number of alkyl halides is 3. The zero-order chi connectivity index (χ0) is 19.0. The van der Waals surface area contributed by atoms with Crippen LogP contribution in [0.15, 0.2) is 33.7 Å². The van der Waals surface area contributed by atoms with Crippen LogP contribution < -0.4 is 0 Å². The Bertz CT molecular complexity index is 903. The number of nitro benzene ring substituents is 1. The Morgan fingerprint density at radius 3 is 2.44 bits per heavy atom. The topological polar surface area (TPSA) is 103 Å². The van der Waals surface area contributed by atoms with E-state index in [9.17, 15) is 31.7 Å². The second kappa shape index (κ2) is 6.47. The highest BCUT2D eigenvalue weighted by molar-refractivity contribution is 7.90. The van der Waals surface area contributed by atoms with Crippen LogP contribution in [0, 0.1) is 10.1 Å². The molecule has 7 nitrogen and oxygen atoms in total. The highest BCUT2D eigenvalue weighted by atomic mass is 32.2. The minimum absolute atomic E-state index is 0.0515. The predicted molar refractivity (Wildman–Crippen MR) is 79.6 cm³/mol. The maximum Gasteiger partial charge on any atom is 0.416 e. The van der Waals surface area contributed by atoms with Crippen molar-refractivity contribution in [1.82, 2.24) is 4.98 Å². The van der Waals surface area contributed by atoms with Crippen LogP contribution in [0.1, 0.15) is 37.0 Å². The molecule has 0 atom stereocenters. The van der Waals surface area contributed by atoms with Crippen molar-refractivity contribution in [1.29, 1.82) is 0 Å². The highest BCUT2D eigenvalue weighted by Crippen LogP contribution is 2.35. The zero-order valence-electron chi connectivity index (χ0n) is 13.1. The Kier molecular flexibility index (Phi) is 4.89. The van der Waals surface area contributed by atoms with E-state index >= 15 is 0 Å². The number of nitrogens with zero attached hydrogens (tertiary/aromatic N) is 2. The molecule has 1 aromatic carbocycles. The van der Waals surface area contributed by atoms with E-state index in [0.717, 1.165) is 0 Å². The van der Waals surface area contributed by atoms with Crippen molar-refractivity contribution in [3.05, 3.63) is 51.7 Å². The first-order valence-corrected chi connectivity index (χ1v) is 8.60. The fourth-order valence-corrected chi connectivity index (χ4v) is 3.34. The first-order valence-electron chi connectivity index (χ1n) is 6.95. The van der Waals surface area contributed by atoms with Gasteiger partial charge < -0.3 is 4.42 Å². The van der Waals surface area contributed by atoms with Gasteiger partial charge in [0.25, 0.3) is 5.69 Å². The first kappa shape index (κ1) is 18.9. The molecular weight excluding hydrogens is 365 g/mol. The summed E-state index contributed by atoms with van der Waals surface area (Å²) in [6.07, 6.45) is -3.50. The third-order valence-corrected chi connectivity index (χ3v) is 4.91. The molecule has 25 heavy (non-hydrogen) atoms. The van der Waals surface area contributed by atoms with Crippen molar-refractivity contribution in [3.63, 3.8) is 0 Å². The number of oxazole rings is 1. The molecule has 2 rings (SSSR count). The summed E-state index contributed by atoms with van der Waals surface area (Å²) in [6.45, 7) is 3.58. The van der Waals surface area contributed by atoms with E-state index in [1.807, 2.05) is 0 Å². The molecule has 11 heteroatoms. The minimum Gasteiger partial charge on any atom is -0.444 e. The Morgan fingerprint density at radius 2 is 1.96 bits per heavy atom. The molecule has 2 aromatic rings. The van der Waals surface area contributed by atoms with Crippen LogP contribution in [0.4, 0.5) is 18.9 Å². The molecule has 0 radical (unpaired) electrons. The molecule has 0 bridgehead atoms. The third kappa shape index (κ3) is 4.16. The highest BCUT2D eigenvalue weighted by Gasteiger charge is 2.35. The molecule has 0 aliphatic heterocycles. The van der Waals surface area contributed by atoms with Crippen molar-refractivity contribution in [2.24, 2.45) is 0 Å². The van der Waals surface area contributed by atoms with Crippen molar-refractivity contribution in [2.75, 3.05) is 0 Å². The third-order valence-electron chi connectivity index (χ3n) is 3.27. The molecule has 0 saturated carbocycles. The smallest absolute Gasteiger partial charge is 0.416 e. The fraction of sp³-hybridized carbons (Fsp3) is 0.357. The van der Waals surface area contributed by atoms with Crippen LogP contribution in [0.2, 0.25) is 0 Å². The zero-order valence-corrected chi connectivity index (χ0v) is 13.9. The lowest BCUT2D eigenvalue weighted by atomic mass is 10.2. The maximum atomic E-state index is 12.7. The van der Waals surface area contributed by atoms with Crippen molar-refractivity contribution in [2.45, 2.75) is 36.6 Å².